The summed E-state index contributed by atoms with van der Waals surface area (Å²) in [6.07, 6.45) is 5.31. The standard InChI is InChI=1S/C21H21FN2O2/c1-24(14-16-4-9-18(22)10-5-16)20(25)13-6-15-2-7-17(8-3-15)21(26)23-19-11-12-19/h2-10,13,19H,11-12,14H2,1H3,(H,23,26)/b13-6+. The normalized spacial score (nSPS) is 13.6. The Balaban J connectivity index is 1.54. The SMILES string of the molecule is CN(Cc1ccc(F)cc1)C(=O)/C=C/c1ccc(C(=O)NC2CC2)cc1. The maximum atomic E-state index is 12.9. The first-order valence-corrected chi connectivity index (χ1v) is 8.60. The highest BCUT2D eigenvalue weighted by atomic mass is 19.1. The van der Waals surface area contributed by atoms with Crippen LogP contribution in [0.3, 0.4) is 0 Å². The lowest BCUT2D eigenvalue weighted by atomic mass is 10.1. The highest BCUT2D eigenvalue weighted by molar-refractivity contribution is 5.95. The van der Waals surface area contributed by atoms with Gasteiger partial charge in [-0.05, 0) is 54.3 Å². The fraction of sp³-hybridized carbons (Fsp3) is 0.238. The summed E-state index contributed by atoms with van der Waals surface area (Å²) >= 11 is 0. The molecule has 134 valence electrons. The lowest BCUT2D eigenvalue weighted by Gasteiger charge is -2.15. The van der Waals surface area contributed by atoms with Crippen LogP contribution in [0.1, 0.15) is 34.3 Å². The molecule has 0 aliphatic heterocycles. The molecule has 2 amide bonds. The molecule has 1 N–H and O–H groups in total. The van der Waals surface area contributed by atoms with Crippen molar-refractivity contribution in [2.75, 3.05) is 7.05 Å². The Labute approximate surface area is 152 Å². The van der Waals surface area contributed by atoms with Gasteiger partial charge >= 0.3 is 0 Å². The molecule has 1 aliphatic rings. The number of carbonyl (C=O) groups is 2. The number of carbonyl (C=O) groups excluding carboxylic acids is 2. The van der Waals surface area contributed by atoms with Crippen LogP contribution in [0.2, 0.25) is 0 Å². The van der Waals surface area contributed by atoms with E-state index in [2.05, 4.69) is 5.32 Å². The maximum Gasteiger partial charge on any atom is 0.251 e. The molecule has 26 heavy (non-hydrogen) atoms. The number of hydrogen-bond donors (Lipinski definition) is 1. The van der Waals surface area contributed by atoms with E-state index in [1.807, 2.05) is 12.1 Å². The Morgan fingerprint density at radius 1 is 1.12 bits per heavy atom. The van der Waals surface area contributed by atoms with Crippen LogP contribution in [0.4, 0.5) is 4.39 Å². The quantitative estimate of drug-likeness (QED) is 0.810. The number of rotatable bonds is 6. The van der Waals surface area contributed by atoms with Crippen LogP contribution in [0, 0.1) is 5.82 Å². The lowest BCUT2D eigenvalue weighted by Crippen LogP contribution is -2.25. The first-order chi connectivity index (χ1) is 12.5. The van der Waals surface area contributed by atoms with Crippen molar-refractivity contribution in [1.29, 1.82) is 0 Å². The molecule has 0 heterocycles. The third kappa shape index (κ3) is 5.02. The number of nitrogens with one attached hydrogen (secondary N) is 1. The molecule has 0 spiro atoms. The zero-order chi connectivity index (χ0) is 18.5. The van der Waals surface area contributed by atoms with E-state index in [-0.39, 0.29) is 17.6 Å². The first kappa shape index (κ1) is 17.9. The molecule has 0 atom stereocenters. The van der Waals surface area contributed by atoms with Gasteiger partial charge in [-0.15, -0.1) is 0 Å². The second-order valence-electron chi connectivity index (χ2n) is 6.52. The molecule has 0 saturated heterocycles. The summed E-state index contributed by atoms with van der Waals surface area (Å²) in [6, 6.07) is 13.5. The molecule has 0 bridgehead atoms. The molecular weight excluding hydrogens is 331 g/mol. The van der Waals surface area contributed by atoms with Gasteiger partial charge in [-0.25, -0.2) is 4.39 Å². The molecule has 2 aromatic rings. The van der Waals surface area contributed by atoms with Crippen molar-refractivity contribution in [2.24, 2.45) is 0 Å². The monoisotopic (exact) mass is 352 g/mol. The van der Waals surface area contributed by atoms with Crippen molar-refractivity contribution < 1.29 is 14.0 Å². The van der Waals surface area contributed by atoms with Crippen molar-refractivity contribution in [3.8, 4) is 0 Å². The van der Waals surface area contributed by atoms with Crippen LogP contribution in [0.25, 0.3) is 6.08 Å². The van der Waals surface area contributed by atoms with Crippen molar-refractivity contribution in [3.05, 3.63) is 77.1 Å². The smallest absolute Gasteiger partial charge is 0.251 e. The van der Waals surface area contributed by atoms with Gasteiger partial charge < -0.3 is 10.2 Å². The third-order valence-electron chi connectivity index (χ3n) is 4.21. The van der Waals surface area contributed by atoms with Gasteiger partial charge in [-0.1, -0.05) is 24.3 Å². The fourth-order valence-electron chi connectivity index (χ4n) is 2.48. The van der Waals surface area contributed by atoms with E-state index >= 15 is 0 Å². The molecule has 5 heteroatoms. The molecule has 3 rings (SSSR count). The molecular formula is C21H21FN2O2. The van der Waals surface area contributed by atoms with Gasteiger partial charge in [0.25, 0.3) is 5.91 Å². The topological polar surface area (TPSA) is 49.4 Å². The van der Waals surface area contributed by atoms with Gasteiger partial charge in [0.15, 0.2) is 0 Å². The van der Waals surface area contributed by atoms with Crippen molar-refractivity contribution >= 4 is 17.9 Å². The van der Waals surface area contributed by atoms with E-state index in [0.29, 0.717) is 18.2 Å². The molecule has 1 aliphatic carbocycles. The Hall–Kier alpha value is -2.95. The van der Waals surface area contributed by atoms with E-state index in [0.717, 1.165) is 24.0 Å². The van der Waals surface area contributed by atoms with Gasteiger partial charge in [-0.2, -0.15) is 0 Å². The summed E-state index contributed by atoms with van der Waals surface area (Å²) in [6.45, 7) is 0.406. The predicted octanol–water partition coefficient (Wildman–Crippen LogP) is 3.39. The molecule has 0 aromatic heterocycles. The number of benzene rings is 2. The summed E-state index contributed by atoms with van der Waals surface area (Å²) in [5, 5.41) is 2.94. The van der Waals surface area contributed by atoms with Crippen molar-refractivity contribution in [1.82, 2.24) is 10.2 Å². The van der Waals surface area contributed by atoms with Crippen LogP contribution in [-0.4, -0.2) is 29.8 Å². The Bertz CT molecular complexity index is 809. The predicted molar refractivity (Wildman–Crippen MR) is 98.8 cm³/mol. The van der Waals surface area contributed by atoms with Crippen LogP contribution >= 0.6 is 0 Å². The third-order valence-corrected chi connectivity index (χ3v) is 4.21. The number of hydrogen-bond acceptors (Lipinski definition) is 2. The van der Waals surface area contributed by atoms with Crippen LogP contribution < -0.4 is 5.32 Å². The van der Waals surface area contributed by atoms with Crippen LogP contribution in [0.5, 0.6) is 0 Å². The molecule has 1 saturated carbocycles. The van der Waals surface area contributed by atoms with Gasteiger partial charge in [0.1, 0.15) is 5.82 Å². The summed E-state index contributed by atoms with van der Waals surface area (Å²) in [4.78, 5) is 25.7. The minimum absolute atomic E-state index is 0.0573. The van der Waals surface area contributed by atoms with Crippen molar-refractivity contribution in [2.45, 2.75) is 25.4 Å². The highest BCUT2D eigenvalue weighted by Gasteiger charge is 2.23. The van der Waals surface area contributed by atoms with E-state index < -0.39 is 0 Å². The second-order valence-corrected chi connectivity index (χ2v) is 6.52. The molecule has 4 nitrogen and oxygen atoms in total. The minimum atomic E-state index is -0.295. The number of likely N-dealkylation sites (N-methyl/N-ethyl adjacent to an activating group) is 1. The van der Waals surface area contributed by atoms with Gasteiger partial charge in [0, 0.05) is 31.3 Å². The van der Waals surface area contributed by atoms with Crippen LogP contribution in [0.15, 0.2) is 54.6 Å². The summed E-state index contributed by atoms with van der Waals surface area (Å²) < 4.78 is 12.9. The summed E-state index contributed by atoms with van der Waals surface area (Å²) in [7, 11) is 1.70. The zero-order valence-electron chi connectivity index (χ0n) is 14.6. The zero-order valence-corrected chi connectivity index (χ0v) is 14.6. The molecule has 2 aromatic carbocycles. The summed E-state index contributed by atoms with van der Waals surface area (Å²) in [5.41, 5.74) is 2.33. The average Bonchev–Trinajstić information content (AvgIpc) is 3.46. The largest absolute Gasteiger partial charge is 0.349 e. The van der Waals surface area contributed by atoms with Crippen molar-refractivity contribution in [3.63, 3.8) is 0 Å². The van der Waals surface area contributed by atoms with E-state index in [4.69, 9.17) is 0 Å². The van der Waals surface area contributed by atoms with Crippen LogP contribution in [-0.2, 0) is 11.3 Å². The highest BCUT2D eigenvalue weighted by Crippen LogP contribution is 2.19. The molecule has 0 unspecified atom stereocenters. The van der Waals surface area contributed by atoms with Gasteiger partial charge in [-0.3, -0.25) is 9.59 Å². The summed E-state index contributed by atoms with van der Waals surface area (Å²) in [5.74, 6) is -0.500. The van der Waals surface area contributed by atoms with Gasteiger partial charge in [0.2, 0.25) is 5.91 Å². The van der Waals surface area contributed by atoms with Gasteiger partial charge in [0.05, 0.1) is 0 Å². The van der Waals surface area contributed by atoms with E-state index in [1.165, 1.54) is 18.2 Å². The second kappa shape index (κ2) is 7.95. The number of amides is 2. The minimum Gasteiger partial charge on any atom is -0.349 e. The Kier molecular flexibility index (Phi) is 5.46. The first-order valence-electron chi connectivity index (χ1n) is 8.60. The average molecular weight is 352 g/mol. The lowest BCUT2D eigenvalue weighted by molar-refractivity contribution is -0.125. The number of halogens is 1. The Morgan fingerprint density at radius 3 is 2.38 bits per heavy atom. The Morgan fingerprint density at radius 2 is 1.77 bits per heavy atom. The fourth-order valence-corrected chi connectivity index (χ4v) is 2.48. The molecule has 1 fully saturated rings. The maximum absolute atomic E-state index is 12.9. The van der Waals surface area contributed by atoms with E-state index in [1.54, 1.807) is 42.3 Å². The molecule has 0 radical (unpaired) electrons. The number of nitrogens with zero attached hydrogens (tertiary/aromatic N) is 1. The van der Waals surface area contributed by atoms with E-state index in [9.17, 15) is 14.0 Å².